The predicted molar refractivity (Wildman–Crippen MR) is 107 cm³/mol. The van der Waals surface area contributed by atoms with Crippen LogP contribution in [0, 0.1) is 0 Å². The third-order valence-corrected chi connectivity index (χ3v) is 4.68. The van der Waals surface area contributed by atoms with Gasteiger partial charge in [0, 0.05) is 23.5 Å². The van der Waals surface area contributed by atoms with Gasteiger partial charge in [0.1, 0.15) is 17.1 Å². The zero-order valence-corrected chi connectivity index (χ0v) is 15.3. The van der Waals surface area contributed by atoms with Crippen LogP contribution in [0.2, 0.25) is 0 Å². The molecule has 138 valence electrons. The number of H-pyrrole nitrogens is 1. The minimum atomic E-state index is 0.588. The summed E-state index contributed by atoms with van der Waals surface area (Å²) in [5.74, 6) is 1.64. The number of methoxy groups -OCH3 is 1. The first-order valence-electron chi connectivity index (χ1n) is 8.96. The Hall–Kier alpha value is -3.87. The van der Waals surface area contributed by atoms with E-state index < -0.39 is 0 Å². The second kappa shape index (κ2) is 6.70. The largest absolute Gasteiger partial charge is 0.496 e. The lowest BCUT2D eigenvalue weighted by Crippen LogP contribution is -2.03. The van der Waals surface area contributed by atoms with Crippen molar-refractivity contribution in [3.63, 3.8) is 0 Å². The third-order valence-electron chi connectivity index (χ3n) is 4.68. The molecule has 0 bridgehead atoms. The van der Waals surface area contributed by atoms with Gasteiger partial charge in [0.15, 0.2) is 5.65 Å². The topological polar surface area (TPSA) is 73.6 Å². The molecule has 5 aromatic rings. The molecule has 3 heterocycles. The molecule has 28 heavy (non-hydrogen) atoms. The van der Waals surface area contributed by atoms with Gasteiger partial charge in [-0.2, -0.15) is 10.2 Å². The van der Waals surface area contributed by atoms with Gasteiger partial charge >= 0.3 is 0 Å². The van der Waals surface area contributed by atoms with Gasteiger partial charge in [-0.05, 0) is 24.3 Å². The van der Waals surface area contributed by atoms with E-state index in [-0.39, 0.29) is 0 Å². The molecule has 1 N–H and O–H groups in total. The Morgan fingerprint density at radius 1 is 1.04 bits per heavy atom. The molecule has 0 aliphatic heterocycles. The van der Waals surface area contributed by atoms with Crippen molar-refractivity contribution in [3.8, 4) is 22.8 Å². The quantitative estimate of drug-likeness (QED) is 0.512. The van der Waals surface area contributed by atoms with Gasteiger partial charge in [-0.25, -0.2) is 14.3 Å². The molecule has 3 aromatic heterocycles. The van der Waals surface area contributed by atoms with E-state index in [4.69, 9.17) is 9.72 Å². The maximum Gasteiger partial charge on any atom is 0.177 e. The highest BCUT2D eigenvalue weighted by Crippen LogP contribution is 2.24. The summed E-state index contributed by atoms with van der Waals surface area (Å²) in [6, 6.07) is 17.9. The molecular weight excluding hydrogens is 352 g/mol. The fraction of sp³-hybridized carbons (Fsp3) is 0.0952. The van der Waals surface area contributed by atoms with E-state index in [1.807, 2.05) is 64.1 Å². The van der Waals surface area contributed by atoms with Gasteiger partial charge in [-0.15, -0.1) is 0 Å². The number of rotatable bonds is 5. The third kappa shape index (κ3) is 2.83. The summed E-state index contributed by atoms with van der Waals surface area (Å²) in [6.45, 7) is 0.588. The first kappa shape index (κ1) is 16.3. The minimum absolute atomic E-state index is 0.588. The van der Waals surface area contributed by atoms with Gasteiger partial charge < -0.3 is 9.72 Å². The molecule has 7 heteroatoms. The van der Waals surface area contributed by atoms with Crippen molar-refractivity contribution in [1.82, 2.24) is 29.5 Å². The van der Waals surface area contributed by atoms with Crippen LogP contribution < -0.4 is 4.74 Å². The van der Waals surface area contributed by atoms with E-state index in [0.29, 0.717) is 6.54 Å². The average Bonchev–Trinajstić information content (AvgIpc) is 3.47. The molecule has 0 radical (unpaired) electrons. The summed E-state index contributed by atoms with van der Waals surface area (Å²) in [5.41, 5.74) is 4.74. The van der Waals surface area contributed by atoms with Gasteiger partial charge in [-0.3, -0.25) is 0 Å². The monoisotopic (exact) mass is 370 g/mol. The van der Waals surface area contributed by atoms with E-state index >= 15 is 0 Å². The average molecular weight is 370 g/mol. The van der Waals surface area contributed by atoms with Gasteiger partial charge in [0.05, 0.1) is 25.5 Å². The molecular formula is C21H18N6O. The summed E-state index contributed by atoms with van der Waals surface area (Å²) >= 11 is 0. The number of hydrogen-bond acceptors (Lipinski definition) is 4. The molecule has 0 unspecified atom stereocenters. The zero-order valence-electron chi connectivity index (χ0n) is 15.3. The Balaban J connectivity index is 1.51. The van der Waals surface area contributed by atoms with Crippen molar-refractivity contribution in [2.24, 2.45) is 0 Å². The van der Waals surface area contributed by atoms with E-state index in [2.05, 4.69) is 21.2 Å². The number of nitrogens with one attached hydrogen (secondary N) is 1. The molecule has 0 aliphatic rings. The Kier molecular flexibility index (Phi) is 3.90. The highest BCUT2D eigenvalue weighted by atomic mass is 16.5. The summed E-state index contributed by atoms with van der Waals surface area (Å²) < 4.78 is 9.16. The van der Waals surface area contributed by atoms with Crippen LogP contribution in [0.15, 0.2) is 73.2 Å². The van der Waals surface area contributed by atoms with E-state index in [0.717, 1.165) is 39.6 Å². The summed E-state index contributed by atoms with van der Waals surface area (Å²) in [6.07, 6.45) is 5.49. The van der Waals surface area contributed by atoms with E-state index in [1.165, 1.54) is 0 Å². The normalized spacial score (nSPS) is 11.2. The number of aromatic nitrogens is 6. The fourth-order valence-corrected chi connectivity index (χ4v) is 3.31. The molecule has 0 saturated carbocycles. The Labute approximate surface area is 161 Å². The highest BCUT2D eigenvalue weighted by Gasteiger charge is 2.13. The number of benzene rings is 2. The molecule has 0 saturated heterocycles. The van der Waals surface area contributed by atoms with Crippen molar-refractivity contribution in [2.75, 3.05) is 7.11 Å². The lowest BCUT2D eigenvalue weighted by molar-refractivity contribution is 0.407. The lowest BCUT2D eigenvalue weighted by atomic mass is 10.2. The van der Waals surface area contributed by atoms with Crippen LogP contribution in [-0.4, -0.2) is 36.6 Å². The van der Waals surface area contributed by atoms with Crippen LogP contribution >= 0.6 is 0 Å². The molecule has 0 aliphatic carbocycles. The number of ether oxygens (including phenoxy) is 1. The van der Waals surface area contributed by atoms with Crippen LogP contribution in [0.25, 0.3) is 28.2 Å². The van der Waals surface area contributed by atoms with Crippen molar-refractivity contribution in [1.29, 1.82) is 0 Å². The first-order chi connectivity index (χ1) is 13.8. The van der Waals surface area contributed by atoms with E-state index in [1.54, 1.807) is 19.5 Å². The summed E-state index contributed by atoms with van der Waals surface area (Å²) in [5, 5.41) is 8.76. The van der Waals surface area contributed by atoms with E-state index in [9.17, 15) is 0 Å². The van der Waals surface area contributed by atoms with Gasteiger partial charge in [0.25, 0.3) is 0 Å². The number of aromatic amines is 1. The number of para-hydroxylation sites is 1. The predicted octanol–water partition coefficient (Wildman–Crippen LogP) is 3.67. The SMILES string of the molecule is COc1ccccc1Cn1ncc2[nH]c(-c3cccc(-n4cccn4)c3)nc21. The summed E-state index contributed by atoms with van der Waals surface area (Å²) in [4.78, 5) is 8.16. The lowest BCUT2D eigenvalue weighted by Gasteiger charge is -2.08. The van der Waals surface area contributed by atoms with Crippen molar-refractivity contribution >= 4 is 11.2 Å². The summed E-state index contributed by atoms with van der Waals surface area (Å²) in [7, 11) is 1.68. The second-order valence-electron chi connectivity index (χ2n) is 6.44. The van der Waals surface area contributed by atoms with Crippen LogP contribution in [0.5, 0.6) is 5.75 Å². The van der Waals surface area contributed by atoms with Crippen molar-refractivity contribution < 1.29 is 4.74 Å². The number of nitrogens with zero attached hydrogens (tertiary/aromatic N) is 5. The molecule has 2 aromatic carbocycles. The molecule has 0 amide bonds. The maximum atomic E-state index is 5.45. The number of imidazole rings is 1. The maximum absolute atomic E-state index is 5.45. The fourth-order valence-electron chi connectivity index (χ4n) is 3.31. The smallest absolute Gasteiger partial charge is 0.177 e. The van der Waals surface area contributed by atoms with Gasteiger partial charge in [-0.1, -0.05) is 30.3 Å². The van der Waals surface area contributed by atoms with Crippen LogP contribution in [0.3, 0.4) is 0 Å². The Bertz CT molecular complexity index is 1240. The minimum Gasteiger partial charge on any atom is -0.496 e. The van der Waals surface area contributed by atoms with Crippen LogP contribution in [0.1, 0.15) is 5.56 Å². The standard InChI is InChI=1S/C21H18N6O/c1-28-19-9-3-2-6-16(19)14-27-21-18(13-23-27)24-20(25-21)15-7-4-8-17(12-15)26-11-5-10-22-26/h2-13H,14H2,1H3,(H,24,25). The van der Waals surface area contributed by atoms with Crippen LogP contribution in [0.4, 0.5) is 0 Å². The highest BCUT2D eigenvalue weighted by molar-refractivity contribution is 5.76. The number of hydrogen-bond donors (Lipinski definition) is 1. The first-order valence-corrected chi connectivity index (χ1v) is 8.96. The molecule has 7 nitrogen and oxygen atoms in total. The molecule has 0 atom stereocenters. The molecule has 0 fully saturated rings. The Morgan fingerprint density at radius 2 is 1.96 bits per heavy atom. The Morgan fingerprint density at radius 3 is 2.82 bits per heavy atom. The van der Waals surface area contributed by atoms with Crippen molar-refractivity contribution in [2.45, 2.75) is 6.54 Å². The van der Waals surface area contributed by atoms with Crippen LogP contribution in [-0.2, 0) is 6.54 Å². The zero-order chi connectivity index (χ0) is 18.9. The molecule has 0 spiro atoms. The number of fused-ring (bicyclic) bond motifs is 1. The van der Waals surface area contributed by atoms with Gasteiger partial charge in [0.2, 0.25) is 0 Å². The second-order valence-corrected chi connectivity index (χ2v) is 6.44. The molecule has 5 rings (SSSR count). The van der Waals surface area contributed by atoms with Crippen molar-refractivity contribution in [3.05, 3.63) is 78.8 Å².